The first-order valence-corrected chi connectivity index (χ1v) is 8.42. The molecule has 1 N–H and O–H groups in total. The Morgan fingerprint density at radius 2 is 1.56 bits per heavy atom. The third kappa shape index (κ3) is 4.93. The molecule has 0 aliphatic carbocycles. The molecule has 2 aromatic carbocycles. The second-order valence-electron chi connectivity index (χ2n) is 5.81. The summed E-state index contributed by atoms with van der Waals surface area (Å²) < 4.78 is 73.5. The van der Waals surface area contributed by atoms with Crippen LogP contribution in [0.4, 0.5) is 39.0 Å². The number of halogens is 5. The number of nitro groups is 2. The Balaban J connectivity index is 2.63. The number of nitro benzene ring substituents is 2. The van der Waals surface area contributed by atoms with Gasteiger partial charge in [0.2, 0.25) is 5.82 Å². The van der Waals surface area contributed by atoms with E-state index in [2.05, 4.69) is 9.84 Å². The molecule has 15 heteroatoms. The first kappa shape index (κ1) is 24.1. The van der Waals surface area contributed by atoms with Gasteiger partial charge in [-0.25, -0.2) is 22.0 Å². The van der Waals surface area contributed by atoms with Crippen LogP contribution in [0.2, 0.25) is 0 Å². The molecular weight excluding hydrogens is 451 g/mol. The molecule has 0 bridgehead atoms. The fourth-order valence-electron chi connectivity index (χ4n) is 2.40. The van der Waals surface area contributed by atoms with Gasteiger partial charge in [0.1, 0.15) is 5.69 Å². The average molecular weight is 462 g/mol. The number of hydrazone groups is 1. The van der Waals surface area contributed by atoms with Gasteiger partial charge in [0, 0.05) is 6.07 Å². The fourth-order valence-corrected chi connectivity index (χ4v) is 2.40. The highest BCUT2D eigenvalue weighted by Crippen LogP contribution is 2.30. The van der Waals surface area contributed by atoms with E-state index in [4.69, 9.17) is 0 Å². The van der Waals surface area contributed by atoms with Crippen molar-refractivity contribution in [2.75, 3.05) is 12.0 Å². The Kier molecular flexibility index (Phi) is 7.35. The summed E-state index contributed by atoms with van der Waals surface area (Å²) >= 11 is 0. The third-order valence-electron chi connectivity index (χ3n) is 3.82. The summed E-state index contributed by atoms with van der Waals surface area (Å²) in [5.74, 6) is -12.8. The van der Waals surface area contributed by atoms with Crippen LogP contribution in [0.1, 0.15) is 18.9 Å². The summed E-state index contributed by atoms with van der Waals surface area (Å²) in [5.41, 5.74) is -2.74. The van der Waals surface area contributed by atoms with Crippen molar-refractivity contribution < 1.29 is 41.3 Å². The molecule has 0 aliphatic rings. The zero-order valence-electron chi connectivity index (χ0n) is 15.8. The normalized spacial score (nSPS) is 11.2. The van der Waals surface area contributed by atoms with Crippen molar-refractivity contribution in [1.82, 2.24) is 0 Å². The van der Waals surface area contributed by atoms with Crippen LogP contribution in [-0.2, 0) is 9.53 Å². The number of rotatable bonds is 8. The Labute approximate surface area is 174 Å². The molecule has 0 spiro atoms. The van der Waals surface area contributed by atoms with Crippen molar-refractivity contribution in [3.63, 3.8) is 0 Å². The molecule has 2 aromatic rings. The van der Waals surface area contributed by atoms with Gasteiger partial charge in [-0.15, -0.1) is 0 Å². The molecule has 0 amide bonds. The first-order valence-electron chi connectivity index (χ1n) is 8.42. The fraction of sp³-hybridized carbons (Fsp3) is 0.176. The van der Waals surface area contributed by atoms with E-state index in [-0.39, 0.29) is 6.61 Å². The number of carbonyl (C=O) groups excluding carboxylic acids is 1. The number of esters is 1. The van der Waals surface area contributed by atoms with E-state index >= 15 is 0 Å². The van der Waals surface area contributed by atoms with Gasteiger partial charge >= 0.3 is 11.7 Å². The number of hydrogen-bond donors (Lipinski definition) is 1. The second-order valence-corrected chi connectivity index (χ2v) is 5.81. The van der Waals surface area contributed by atoms with Gasteiger partial charge < -0.3 is 4.74 Å². The maximum absolute atomic E-state index is 14.2. The van der Waals surface area contributed by atoms with Crippen molar-refractivity contribution in [3.8, 4) is 0 Å². The van der Waals surface area contributed by atoms with Crippen molar-refractivity contribution in [2.45, 2.75) is 13.3 Å². The zero-order chi connectivity index (χ0) is 24.2. The summed E-state index contributed by atoms with van der Waals surface area (Å²) in [6, 6.07) is 2.19. The topological polar surface area (TPSA) is 137 Å². The highest BCUT2D eigenvalue weighted by molar-refractivity contribution is 6.10. The van der Waals surface area contributed by atoms with E-state index in [0.717, 1.165) is 12.1 Å². The first-order chi connectivity index (χ1) is 15.0. The van der Waals surface area contributed by atoms with Crippen molar-refractivity contribution in [2.24, 2.45) is 5.10 Å². The van der Waals surface area contributed by atoms with Crippen LogP contribution in [-0.4, -0.2) is 28.1 Å². The molecule has 0 unspecified atom stereocenters. The van der Waals surface area contributed by atoms with Crippen molar-refractivity contribution in [1.29, 1.82) is 0 Å². The highest BCUT2D eigenvalue weighted by Gasteiger charge is 2.30. The molecule has 0 saturated carbocycles. The van der Waals surface area contributed by atoms with E-state index in [0.29, 0.717) is 6.07 Å². The molecule has 0 radical (unpaired) electrons. The quantitative estimate of drug-likeness (QED) is 0.119. The van der Waals surface area contributed by atoms with Gasteiger partial charge in [-0.1, -0.05) is 0 Å². The van der Waals surface area contributed by atoms with Gasteiger partial charge in [0.25, 0.3) is 5.69 Å². The molecule has 10 nitrogen and oxygen atoms in total. The van der Waals surface area contributed by atoms with E-state index in [9.17, 15) is 47.0 Å². The molecule has 0 aromatic heterocycles. The molecule has 0 saturated heterocycles. The van der Waals surface area contributed by atoms with Gasteiger partial charge in [-0.05, 0) is 13.0 Å². The van der Waals surface area contributed by atoms with Gasteiger partial charge in [-0.2, -0.15) is 5.10 Å². The summed E-state index contributed by atoms with van der Waals surface area (Å²) in [5, 5.41) is 25.3. The maximum Gasteiger partial charge on any atom is 0.311 e. The smallest absolute Gasteiger partial charge is 0.311 e. The Morgan fingerprint density at radius 3 is 2.06 bits per heavy atom. The van der Waals surface area contributed by atoms with Gasteiger partial charge in [0.15, 0.2) is 23.3 Å². The molecule has 0 aliphatic heterocycles. The molecule has 0 atom stereocenters. The van der Waals surface area contributed by atoms with Crippen LogP contribution < -0.4 is 5.43 Å². The summed E-state index contributed by atoms with van der Waals surface area (Å²) in [7, 11) is 0. The van der Waals surface area contributed by atoms with Gasteiger partial charge in [0.05, 0.1) is 40.2 Å². The lowest BCUT2D eigenvalue weighted by molar-refractivity contribution is -0.393. The molecule has 32 heavy (non-hydrogen) atoms. The van der Waals surface area contributed by atoms with Gasteiger partial charge in [-0.3, -0.25) is 30.4 Å². The van der Waals surface area contributed by atoms with Crippen LogP contribution >= 0.6 is 0 Å². The Morgan fingerprint density at radius 1 is 1.00 bits per heavy atom. The van der Waals surface area contributed by atoms with Crippen LogP contribution in [0.3, 0.4) is 0 Å². The predicted octanol–water partition coefficient (Wildman–Crippen LogP) is 3.97. The predicted molar refractivity (Wildman–Crippen MR) is 97.4 cm³/mol. The lowest BCUT2D eigenvalue weighted by Gasteiger charge is -2.12. The molecule has 0 heterocycles. The zero-order valence-corrected chi connectivity index (χ0v) is 15.8. The lowest BCUT2D eigenvalue weighted by atomic mass is 10.0. The van der Waals surface area contributed by atoms with Crippen LogP contribution in [0, 0.1) is 49.3 Å². The lowest BCUT2D eigenvalue weighted by Crippen LogP contribution is -2.19. The number of hydrogen-bond acceptors (Lipinski definition) is 8. The number of ether oxygens (including phenoxy) is 1. The number of anilines is 1. The number of nitrogens with zero attached hydrogens (tertiary/aromatic N) is 3. The second kappa shape index (κ2) is 9.76. The monoisotopic (exact) mass is 462 g/mol. The van der Waals surface area contributed by atoms with Crippen molar-refractivity contribution in [3.05, 3.63) is 73.1 Å². The minimum Gasteiger partial charge on any atom is -0.466 e. The van der Waals surface area contributed by atoms with Crippen molar-refractivity contribution >= 4 is 28.7 Å². The molecule has 2 rings (SSSR count). The molecular formula is C17H11F5N4O6. The summed E-state index contributed by atoms with van der Waals surface area (Å²) in [6.07, 6.45) is -1.08. The molecule has 170 valence electrons. The van der Waals surface area contributed by atoms with Crippen LogP contribution in [0.15, 0.2) is 23.3 Å². The highest BCUT2D eigenvalue weighted by atomic mass is 19.2. The van der Waals surface area contributed by atoms with E-state index in [1.54, 1.807) is 0 Å². The third-order valence-corrected chi connectivity index (χ3v) is 3.82. The number of carbonyl (C=O) groups is 1. The average Bonchev–Trinajstić information content (AvgIpc) is 2.74. The Bertz CT molecular complexity index is 1110. The summed E-state index contributed by atoms with van der Waals surface area (Å²) in [4.78, 5) is 31.7. The number of benzene rings is 2. The van der Waals surface area contributed by atoms with E-state index in [1.807, 2.05) is 5.43 Å². The minimum atomic E-state index is -2.45. The standard InChI is InChI=1S/C17H11F5N4O6/c1-2-32-11(27)6-9(12-13(18)15(20)17(22)16(21)14(12)19)24-23-8-4-3-7(25(28)29)5-10(8)26(30)31/h3-5,23H,2,6H2,1H3/b24-9+. The Hall–Kier alpha value is -4.17. The number of non-ortho nitro benzene ring substituents is 1. The maximum atomic E-state index is 14.2. The minimum absolute atomic E-state index is 0.190. The van der Waals surface area contributed by atoms with E-state index in [1.165, 1.54) is 6.92 Å². The molecule has 0 fully saturated rings. The van der Waals surface area contributed by atoms with Crippen LogP contribution in [0.5, 0.6) is 0 Å². The largest absolute Gasteiger partial charge is 0.466 e. The van der Waals surface area contributed by atoms with Crippen LogP contribution in [0.25, 0.3) is 0 Å². The van der Waals surface area contributed by atoms with E-state index < -0.39 is 79.7 Å². The summed E-state index contributed by atoms with van der Waals surface area (Å²) in [6.45, 7) is 1.19. The SMILES string of the molecule is CCOC(=O)C/C(=N\Nc1ccc([N+](=O)[O-])cc1[N+](=O)[O-])c1c(F)c(F)c(F)c(F)c1F. The number of nitrogens with one attached hydrogen (secondary N) is 1.